The highest BCUT2D eigenvalue weighted by molar-refractivity contribution is 7.89. The van der Waals surface area contributed by atoms with Crippen molar-refractivity contribution in [3.8, 4) is 0 Å². The maximum absolute atomic E-state index is 12.0. The molecule has 1 rings (SSSR count). The summed E-state index contributed by atoms with van der Waals surface area (Å²) < 4.78 is 28.6. The Bertz CT molecular complexity index is 470. The Balaban J connectivity index is 2.81. The largest absolute Gasteiger partial charge is 0.444 e. The van der Waals surface area contributed by atoms with Gasteiger partial charge in [-0.25, -0.2) is 18.4 Å². The van der Waals surface area contributed by atoms with E-state index >= 15 is 0 Å². The van der Waals surface area contributed by atoms with Gasteiger partial charge in [0.05, 0.1) is 5.25 Å². The lowest BCUT2D eigenvalue weighted by atomic mass is 9.85. The number of hydrogen-bond donors (Lipinski definition) is 2. The number of nitrogens with one attached hydrogen (secondary N) is 1. The third kappa shape index (κ3) is 6.65. The summed E-state index contributed by atoms with van der Waals surface area (Å²) in [5, 5.41) is 7.54. The number of rotatable bonds is 2. The van der Waals surface area contributed by atoms with Crippen molar-refractivity contribution in [2.24, 2.45) is 5.14 Å². The summed E-state index contributed by atoms with van der Waals surface area (Å²) in [7, 11) is -3.60. The number of sulfonamides is 1. The van der Waals surface area contributed by atoms with Gasteiger partial charge < -0.3 is 10.1 Å². The second-order valence-electron chi connectivity index (χ2n) is 7.20. The van der Waals surface area contributed by atoms with Crippen LogP contribution >= 0.6 is 0 Å². The SMILES string of the molecule is CC1(NC(=O)OC(C)(C)C)CCCCCC(S(N)(=O)=O)C1. The molecule has 2 unspecified atom stereocenters. The van der Waals surface area contributed by atoms with Crippen LogP contribution in [0.15, 0.2) is 0 Å². The molecule has 2 atom stereocenters. The van der Waals surface area contributed by atoms with Gasteiger partial charge in [-0.3, -0.25) is 0 Å². The van der Waals surface area contributed by atoms with Crippen molar-refractivity contribution in [2.75, 3.05) is 0 Å². The normalized spacial score (nSPS) is 28.3. The monoisotopic (exact) mass is 320 g/mol. The lowest BCUT2D eigenvalue weighted by Gasteiger charge is -2.36. The summed E-state index contributed by atoms with van der Waals surface area (Å²) in [5.41, 5.74) is -1.19. The van der Waals surface area contributed by atoms with Crippen LogP contribution in [0.25, 0.3) is 0 Å². The Hall–Kier alpha value is -0.820. The quantitative estimate of drug-likeness (QED) is 0.815. The van der Waals surface area contributed by atoms with E-state index in [0.717, 1.165) is 25.7 Å². The first-order chi connectivity index (χ1) is 9.41. The molecule has 1 saturated carbocycles. The van der Waals surface area contributed by atoms with Gasteiger partial charge in [0.2, 0.25) is 10.0 Å². The van der Waals surface area contributed by atoms with E-state index in [1.165, 1.54) is 0 Å². The number of carbonyl (C=O) groups excluding carboxylic acids is 1. The van der Waals surface area contributed by atoms with Gasteiger partial charge in [0.1, 0.15) is 5.60 Å². The molecular formula is C14H28N2O4S. The van der Waals surface area contributed by atoms with Crippen LogP contribution in [0.1, 0.15) is 66.2 Å². The summed E-state index contributed by atoms with van der Waals surface area (Å²) in [4.78, 5) is 12.0. The molecule has 0 aromatic heterocycles. The van der Waals surface area contributed by atoms with Gasteiger partial charge >= 0.3 is 6.09 Å². The number of amides is 1. The minimum Gasteiger partial charge on any atom is -0.444 e. The van der Waals surface area contributed by atoms with Crippen LogP contribution in [-0.4, -0.2) is 30.9 Å². The molecule has 0 aliphatic heterocycles. The Morgan fingerprint density at radius 2 is 1.90 bits per heavy atom. The van der Waals surface area contributed by atoms with Crippen LogP contribution in [-0.2, 0) is 14.8 Å². The van der Waals surface area contributed by atoms with E-state index in [-0.39, 0.29) is 0 Å². The van der Waals surface area contributed by atoms with E-state index in [0.29, 0.717) is 12.8 Å². The average molecular weight is 320 g/mol. The molecule has 124 valence electrons. The van der Waals surface area contributed by atoms with E-state index in [1.54, 1.807) is 20.8 Å². The number of hydrogen-bond acceptors (Lipinski definition) is 4. The third-order valence-corrected chi connectivity index (χ3v) is 5.03. The molecule has 7 heteroatoms. The molecule has 1 aliphatic carbocycles. The minimum absolute atomic E-state index is 0.324. The van der Waals surface area contributed by atoms with Crippen molar-refractivity contribution < 1.29 is 17.9 Å². The smallest absolute Gasteiger partial charge is 0.408 e. The van der Waals surface area contributed by atoms with Crippen molar-refractivity contribution >= 4 is 16.1 Å². The Morgan fingerprint density at radius 3 is 2.43 bits per heavy atom. The van der Waals surface area contributed by atoms with Crippen molar-refractivity contribution in [3.05, 3.63) is 0 Å². The van der Waals surface area contributed by atoms with E-state index in [2.05, 4.69) is 5.32 Å². The molecule has 1 fully saturated rings. The zero-order valence-corrected chi connectivity index (χ0v) is 14.3. The molecule has 21 heavy (non-hydrogen) atoms. The predicted octanol–water partition coefficient (Wildman–Crippen LogP) is 2.28. The van der Waals surface area contributed by atoms with E-state index in [4.69, 9.17) is 9.88 Å². The first kappa shape index (κ1) is 18.2. The predicted molar refractivity (Wildman–Crippen MR) is 82.4 cm³/mol. The highest BCUT2D eigenvalue weighted by atomic mass is 32.2. The first-order valence-corrected chi connectivity index (χ1v) is 9.05. The van der Waals surface area contributed by atoms with E-state index in [1.807, 2.05) is 6.92 Å². The molecule has 3 N–H and O–H groups in total. The summed E-state index contributed by atoms with van der Waals surface area (Å²) in [5.74, 6) is 0. The third-order valence-electron chi connectivity index (χ3n) is 3.70. The van der Waals surface area contributed by atoms with E-state index in [9.17, 15) is 13.2 Å². The fourth-order valence-electron chi connectivity index (χ4n) is 2.71. The van der Waals surface area contributed by atoms with Gasteiger partial charge in [0, 0.05) is 5.54 Å². The summed E-state index contributed by atoms with van der Waals surface area (Å²) >= 11 is 0. The van der Waals surface area contributed by atoms with Gasteiger partial charge in [-0.1, -0.05) is 19.3 Å². The summed E-state index contributed by atoms with van der Waals surface area (Å²) in [6.45, 7) is 7.24. The van der Waals surface area contributed by atoms with Gasteiger partial charge in [-0.05, 0) is 47.0 Å². The van der Waals surface area contributed by atoms with Gasteiger partial charge in [-0.15, -0.1) is 0 Å². The molecule has 1 amide bonds. The van der Waals surface area contributed by atoms with Crippen molar-refractivity contribution in [3.63, 3.8) is 0 Å². The maximum atomic E-state index is 12.0. The fraction of sp³-hybridized carbons (Fsp3) is 0.929. The van der Waals surface area contributed by atoms with Crippen LogP contribution in [0.2, 0.25) is 0 Å². The minimum atomic E-state index is -3.60. The van der Waals surface area contributed by atoms with Gasteiger partial charge in [0.15, 0.2) is 0 Å². The molecule has 0 spiro atoms. The Labute approximate surface area is 127 Å². The first-order valence-electron chi connectivity index (χ1n) is 7.44. The molecule has 1 aliphatic rings. The van der Waals surface area contributed by atoms with Gasteiger partial charge in [0.25, 0.3) is 0 Å². The van der Waals surface area contributed by atoms with Crippen molar-refractivity contribution in [1.29, 1.82) is 0 Å². The standard InChI is InChI=1S/C14H28N2O4S/c1-13(2,3)20-12(17)16-14(4)9-7-5-6-8-11(10-14)21(15,18)19/h11H,5-10H2,1-4H3,(H,16,17)(H2,15,18,19). The maximum Gasteiger partial charge on any atom is 0.408 e. The van der Waals surface area contributed by atoms with Gasteiger partial charge in [-0.2, -0.15) is 0 Å². The van der Waals surface area contributed by atoms with Crippen molar-refractivity contribution in [1.82, 2.24) is 5.32 Å². The molecule has 0 heterocycles. The number of primary sulfonamides is 1. The number of carbonyl (C=O) groups is 1. The van der Waals surface area contributed by atoms with Crippen LogP contribution < -0.4 is 10.5 Å². The molecule has 0 bridgehead atoms. The number of ether oxygens (including phenoxy) is 1. The van der Waals surface area contributed by atoms with E-state index < -0.39 is 32.5 Å². The average Bonchev–Trinajstić information content (AvgIpc) is 2.19. The number of alkyl carbamates (subject to hydrolysis) is 1. The van der Waals surface area contributed by atoms with Crippen LogP contribution in [0, 0.1) is 0 Å². The lowest BCUT2D eigenvalue weighted by molar-refractivity contribution is 0.0447. The molecule has 0 aromatic rings. The summed E-state index contributed by atoms with van der Waals surface area (Å²) in [6.07, 6.45) is 3.82. The number of nitrogens with two attached hydrogens (primary N) is 1. The highest BCUT2D eigenvalue weighted by Crippen LogP contribution is 2.29. The fourth-order valence-corrected chi connectivity index (χ4v) is 3.81. The topological polar surface area (TPSA) is 98.5 Å². The zero-order valence-electron chi connectivity index (χ0n) is 13.4. The Kier molecular flexibility index (Phi) is 5.66. The molecule has 0 aromatic carbocycles. The lowest BCUT2D eigenvalue weighted by Crippen LogP contribution is -2.51. The van der Waals surface area contributed by atoms with Crippen molar-refractivity contribution in [2.45, 2.75) is 82.6 Å². The zero-order chi connectivity index (χ0) is 16.3. The second kappa shape index (κ2) is 6.52. The summed E-state index contributed by atoms with van der Waals surface area (Å²) in [6, 6.07) is 0. The molecule has 0 saturated heterocycles. The Morgan fingerprint density at radius 1 is 1.29 bits per heavy atom. The molecular weight excluding hydrogens is 292 g/mol. The highest BCUT2D eigenvalue weighted by Gasteiger charge is 2.36. The van der Waals surface area contributed by atoms with Crippen LogP contribution in [0.5, 0.6) is 0 Å². The molecule has 0 radical (unpaired) electrons. The molecule has 6 nitrogen and oxygen atoms in total. The van der Waals surface area contributed by atoms with Crippen LogP contribution in [0.3, 0.4) is 0 Å². The second-order valence-corrected chi connectivity index (χ2v) is 9.05. The van der Waals surface area contributed by atoms with Crippen LogP contribution in [0.4, 0.5) is 4.79 Å².